The molecule has 0 aromatic rings. The number of rotatable bonds is 4. The average Bonchev–Trinajstić information content (AvgIpc) is 2.13. The van der Waals surface area contributed by atoms with E-state index < -0.39 is 0 Å². The fraction of sp³-hybridized carbons (Fsp3) is 0.909. The minimum atomic E-state index is -0.260. The lowest BCUT2D eigenvalue weighted by Crippen LogP contribution is -2.51. The molecular weight excluding hydrogens is 190 g/mol. The highest BCUT2D eigenvalue weighted by Gasteiger charge is 2.26. The Morgan fingerprint density at radius 3 is 2.53 bits per heavy atom. The van der Waals surface area contributed by atoms with Crippen LogP contribution in [0.3, 0.4) is 0 Å². The fourth-order valence-electron chi connectivity index (χ4n) is 2.24. The van der Waals surface area contributed by atoms with Gasteiger partial charge in [-0.1, -0.05) is 20.3 Å². The van der Waals surface area contributed by atoms with E-state index in [0.717, 1.165) is 25.7 Å². The standard InChI is InChI=1S/C11H23N3O/c1-7(2)10(11(13)15)14-9-5-3-4-8(12)6-9/h7-10,14H,3-6,12H2,1-2H3,(H2,13,15). The molecule has 3 unspecified atom stereocenters. The van der Waals surface area contributed by atoms with E-state index in [9.17, 15) is 4.79 Å². The molecule has 3 atom stereocenters. The van der Waals surface area contributed by atoms with E-state index in [2.05, 4.69) is 5.32 Å². The van der Waals surface area contributed by atoms with Crippen LogP contribution in [0.5, 0.6) is 0 Å². The van der Waals surface area contributed by atoms with Crippen molar-refractivity contribution in [2.24, 2.45) is 17.4 Å². The maximum atomic E-state index is 11.2. The van der Waals surface area contributed by atoms with Gasteiger partial charge in [0.25, 0.3) is 0 Å². The summed E-state index contributed by atoms with van der Waals surface area (Å²) in [6.45, 7) is 4.01. The first kappa shape index (κ1) is 12.5. The van der Waals surface area contributed by atoms with Crippen LogP contribution in [0.2, 0.25) is 0 Å². The first-order valence-corrected chi connectivity index (χ1v) is 5.81. The van der Waals surface area contributed by atoms with Gasteiger partial charge in [0.1, 0.15) is 0 Å². The predicted octanol–water partition coefficient (Wildman–Crippen LogP) is 0.356. The smallest absolute Gasteiger partial charge is 0.234 e. The molecule has 0 aromatic heterocycles. The van der Waals surface area contributed by atoms with Gasteiger partial charge in [-0.25, -0.2) is 0 Å². The molecule has 1 saturated carbocycles. The molecule has 0 radical (unpaired) electrons. The van der Waals surface area contributed by atoms with Crippen molar-refractivity contribution in [3.63, 3.8) is 0 Å². The molecule has 0 heterocycles. The maximum Gasteiger partial charge on any atom is 0.234 e. The molecule has 88 valence electrons. The third kappa shape index (κ3) is 3.80. The van der Waals surface area contributed by atoms with E-state index in [1.54, 1.807) is 0 Å². The van der Waals surface area contributed by atoms with Gasteiger partial charge in [0.15, 0.2) is 0 Å². The highest BCUT2D eigenvalue weighted by Crippen LogP contribution is 2.18. The lowest BCUT2D eigenvalue weighted by Gasteiger charge is -2.31. The lowest BCUT2D eigenvalue weighted by atomic mass is 9.90. The van der Waals surface area contributed by atoms with Gasteiger partial charge in [0, 0.05) is 12.1 Å². The van der Waals surface area contributed by atoms with Crippen LogP contribution in [0.15, 0.2) is 0 Å². The van der Waals surface area contributed by atoms with Crippen LogP contribution in [0, 0.1) is 5.92 Å². The largest absolute Gasteiger partial charge is 0.368 e. The summed E-state index contributed by atoms with van der Waals surface area (Å²) < 4.78 is 0. The Balaban J connectivity index is 2.46. The monoisotopic (exact) mass is 213 g/mol. The molecule has 0 aliphatic heterocycles. The van der Waals surface area contributed by atoms with Crippen molar-refractivity contribution in [2.75, 3.05) is 0 Å². The predicted molar refractivity (Wildman–Crippen MR) is 61.2 cm³/mol. The third-order valence-corrected chi connectivity index (χ3v) is 3.10. The van der Waals surface area contributed by atoms with Crippen LogP contribution in [0.25, 0.3) is 0 Å². The summed E-state index contributed by atoms with van der Waals surface area (Å²) in [5, 5.41) is 3.33. The maximum absolute atomic E-state index is 11.2. The van der Waals surface area contributed by atoms with Crippen LogP contribution in [-0.2, 0) is 4.79 Å². The second-order valence-corrected chi connectivity index (χ2v) is 4.91. The molecule has 1 fully saturated rings. The molecule has 4 heteroatoms. The van der Waals surface area contributed by atoms with Gasteiger partial charge >= 0.3 is 0 Å². The minimum Gasteiger partial charge on any atom is -0.368 e. The first-order valence-electron chi connectivity index (χ1n) is 5.81. The Hall–Kier alpha value is -0.610. The fourth-order valence-corrected chi connectivity index (χ4v) is 2.24. The van der Waals surface area contributed by atoms with Crippen molar-refractivity contribution in [3.05, 3.63) is 0 Å². The Bertz CT molecular complexity index is 218. The molecule has 0 aromatic carbocycles. The Kier molecular flexibility index (Phi) is 4.54. The van der Waals surface area contributed by atoms with Crippen LogP contribution in [0.4, 0.5) is 0 Å². The first-order chi connectivity index (χ1) is 7.00. The molecule has 0 bridgehead atoms. The summed E-state index contributed by atoms with van der Waals surface area (Å²) >= 11 is 0. The molecule has 1 rings (SSSR count). The van der Waals surface area contributed by atoms with Gasteiger partial charge in [-0.05, 0) is 25.2 Å². The van der Waals surface area contributed by atoms with Crippen molar-refractivity contribution in [1.29, 1.82) is 0 Å². The van der Waals surface area contributed by atoms with Crippen molar-refractivity contribution >= 4 is 5.91 Å². The zero-order valence-electron chi connectivity index (χ0n) is 9.70. The lowest BCUT2D eigenvalue weighted by molar-refractivity contribution is -0.121. The summed E-state index contributed by atoms with van der Waals surface area (Å²) in [5.41, 5.74) is 11.3. The molecular formula is C11H23N3O. The summed E-state index contributed by atoms with van der Waals surface area (Å²) in [4.78, 5) is 11.2. The molecule has 4 nitrogen and oxygen atoms in total. The van der Waals surface area contributed by atoms with Crippen LogP contribution < -0.4 is 16.8 Å². The summed E-state index contributed by atoms with van der Waals surface area (Å²) in [6, 6.07) is 0.408. The number of nitrogens with two attached hydrogens (primary N) is 2. The van der Waals surface area contributed by atoms with E-state index in [1.807, 2.05) is 13.8 Å². The van der Waals surface area contributed by atoms with Crippen molar-refractivity contribution in [1.82, 2.24) is 5.32 Å². The second-order valence-electron chi connectivity index (χ2n) is 4.91. The van der Waals surface area contributed by atoms with Crippen molar-refractivity contribution < 1.29 is 4.79 Å². The van der Waals surface area contributed by atoms with E-state index >= 15 is 0 Å². The number of carbonyl (C=O) groups excluding carboxylic acids is 1. The van der Waals surface area contributed by atoms with Crippen LogP contribution in [-0.4, -0.2) is 24.0 Å². The van der Waals surface area contributed by atoms with Gasteiger partial charge in [-0.3, -0.25) is 4.79 Å². The van der Waals surface area contributed by atoms with Gasteiger partial charge in [0.2, 0.25) is 5.91 Å². The minimum absolute atomic E-state index is 0.222. The van der Waals surface area contributed by atoms with E-state index in [4.69, 9.17) is 11.5 Å². The number of hydrogen-bond donors (Lipinski definition) is 3. The Labute approximate surface area is 91.8 Å². The van der Waals surface area contributed by atoms with Gasteiger partial charge in [-0.2, -0.15) is 0 Å². The van der Waals surface area contributed by atoms with Gasteiger partial charge < -0.3 is 16.8 Å². The molecule has 0 saturated heterocycles. The highest BCUT2D eigenvalue weighted by molar-refractivity contribution is 5.80. The molecule has 1 aliphatic carbocycles. The van der Waals surface area contributed by atoms with Crippen LogP contribution in [0.1, 0.15) is 39.5 Å². The van der Waals surface area contributed by atoms with Gasteiger partial charge in [-0.15, -0.1) is 0 Å². The van der Waals surface area contributed by atoms with E-state index in [0.29, 0.717) is 6.04 Å². The molecule has 5 N–H and O–H groups in total. The zero-order chi connectivity index (χ0) is 11.4. The molecule has 0 spiro atoms. The zero-order valence-corrected chi connectivity index (χ0v) is 9.70. The summed E-state index contributed by atoms with van der Waals surface area (Å²) in [7, 11) is 0. The second kappa shape index (κ2) is 5.47. The highest BCUT2D eigenvalue weighted by atomic mass is 16.1. The number of primary amides is 1. The third-order valence-electron chi connectivity index (χ3n) is 3.10. The van der Waals surface area contributed by atoms with Crippen LogP contribution >= 0.6 is 0 Å². The van der Waals surface area contributed by atoms with Crippen molar-refractivity contribution in [3.8, 4) is 0 Å². The average molecular weight is 213 g/mol. The van der Waals surface area contributed by atoms with Gasteiger partial charge in [0.05, 0.1) is 6.04 Å². The van der Waals surface area contributed by atoms with E-state index in [-0.39, 0.29) is 23.9 Å². The molecule has 15 heavy (non-hydrogen) atoms. The molecule has 1 aliphatic rings. The number of amides is 1. The Morgan fingerprint density at radius 1 is 1.40 bits per heavy atom. The number of hydrogen-bond acceptors (Lipinski definition) is 3. The topological polar surface area (TPSA) is 81.1 Å². The quantitative estimate of drug-likeness (QED) is 0.630. The summed E-state index contributed by atoms with van der Waals surface area (Å²) in [6.07, 6.45) is 4.30. The SMILES string of the molecule is CC(C)C(NC1CCCC(N)C1)C(N)=O. The normalized spacial score (nSPS) is 29.1. The molecule has 1 amide bonds. The van der Waals surface area contributed by atoms with Crippen molar-refractivity contribution in [2.45, 2.75) is 57.7 Å². The number of nitrogens with one attached hydrogen (secondary N) is 1. The van der Waals surface area contributed by atoms with E-state index in [1.165, 1.54) is 0 Å². The summed E-state index contributed by atoms with van der Waals surface area (Å²) in [5.74, 6) is -0.0233. The number of carbonyl (C=O) groups is 1. The Morgan fingerprint density at radius 2 is 2.07 bits per heavy atom.